The molecule has 0 fully saturated rings. The first-order valence-corrected chi connectivity index (χ1v) is 8.00. The van der Waals surface area contributed by atoms with E-state index in [9.17, 15) is 0 Å². The van der Waals surface area contributed by atoms with Crippen LogP contribution in [0.4, 0.5) is 5.69 Å². The summed E-state index contributed by atoms with van der Waals surface area (Å²) in [5.74, 6) is 0.636. The topological polar surface area (TPSA) is 38.9 Å². The van der Waals surface area contributed by atoms with Crippen LogP contribution < -0.4 is 5.73 Å². The van der Waals surface area contributed by atoms with Crippen LogP contribution in [0.3, 0.4) is 0 Å². The Morgan fingerprint density at radius 3 is 2.68 bits per heavy atom. The first kappa shape index (κ1) is 15.0. The third-order valence-corrected chi connectivity index (χ3v) is 4.75. The number of pyridine rings is 1. The van der Waals surface area contributed by atoms with E-state index >= 15 is 0 Å². The number of nitrogens with zero attached hydrogens (tertiary/aromatic N) is 1. The van der Waals surface area contributed by atoms with E-state index in [4.69, 9.17) is 28.9 Å². The molecule has 0 aliphatic carbocycles. The van der Waals surface area contributed by atoms with Crippen LogP contribution in [0.15, 0.2) is 33.6 Å². The van der Waals surface area contributed by atoms with Gasteiger partial charge in [-0.3, -0.25) is 0 Å². The number of hydrogen-bond donors (Lipinski definition) is 1. The van der Waals surface area contributed by atoms with Crippen LogP contribution in [0.25, 0.3) is 0 Å². The molecule has 2 nitrogen and oxygen atoms in total. The lowest BCUT2D eigenvalue weighted by molar-refractivity contribution is 1.16. The SMILES string of the molecule is Cc1cc(Cl)c(CSc2ccc(Br)cc2N)c(Cl)n1. The van der Waals surface area contributed by atoms with Crippen molar-refractivity contribution in [3.8, 4) is 0 Å². The number of halogens is 3. The summed E-state index contributed by atoms with van der Waals surface area (Å²) in [4.78, 5) is 5.21. The molecule has 0 spiro atoms. The second-order valence-electron chi connectivity index (χ2n) is 3.99. The monoisotopic (exact) mass is 376 g/mol. The van der Waals surface area contributed by atoms with Crippen LogP contribution in [0.5, 0.6) is 0 Å². The quantitative estimate of drug-likeness (QED) is 0.446. The predicted octanol–water partition coefficient (Wildman–Crippen LogP) is 5.33. The molecule has 0 atom stereocenters. The minimum Gasteiger partial charge on any atom is -0.398 e. The maximum absolute atomic E-state index is 6.19. The smallest absolute Gasteiger partial charge is 0.134 e. The third-order valence-electron chi connectivity index (χ3n) is 2.49. The summed E-state index contributed by atoms with van der Waals surface area (Å²) in [5.41, 5.74) is 8.33. The fourth-order valence-corrected chi connectivity index (χ4v) is 3.74. The molecule has 19 heavy (non-hydrogen) atoms. The largest absolute Gasteiger partial charge is 0.398 e. The molecule has 100 valence electrons. The van der Waals surface area contributed by atoms with Gasteiger partial charge in [-0.25, -0.2) is 4.98 Å². The first-order chi connectivity index (χ1) is 8.97. The molecule has 1 aromatic heterocycles. The van der Waals surface area contributed by atoms with Gasteiger partial charge in [0.15, 0.2) is 0 Å². The number of thioether (sulfide) groups is 1. The standard InChI is InChI=1S/C13H11BrCl2N2S/c1-7-4-10(15)9(13(16)18-7)6-19-12-3-2-8(14)5-11(12)17/h2-5H,6,17H2,1H3. The Kier molecular flexibility index (Phi) is 5.01. The van der Waals surface area contributed by atoms with E-state index in [1.807, 2.05) is 31.2 Å². The van der Waals surface area contributed by atoms with Crippen molar-refractivity contribution in [3.63, 3.8) is 0 Å². The number of nitrogen functional groups attached to an aromatic ring is 1. The van der Waals surface area contributed by atoms with Gasteiger partial charge in [-0.2, -0.15) is 0 Å². The zero-order chi connectivity index (χ0) is 14.0. The number of aromatic nitrogens is 1. The van der Waals surface area contributed by atoms with Gasteiger partial charge in [-0.1, -0.05) is 39.1 Å². The van der Waals surface area contributed by atoms with Crippen molar-refractivity contribution in [3.05, 3.63) is 50.2 Å². The van der Waals surface area contributed by atoms with E-state index in [-0.39, 0.29) is 0 Å². The van der Waals surface area contributed by atoms with Crippen LogP contribution in [0.1, 0.15) is 11.3 Å². The van der Waals surface area contributed by atoms with Gasteiger partial charge in [0, 0.05) is 37.1 Å². The summed E-state index contributed by atoms with van der Waals surface area (Å²) in [6.07, 6.45) is 0. The molecule has 0 saturated carbocycles. The van der Waals surface area contributed by atoms with E-state index in [1.165, 1.54) is 0 Å². The maximum Gasteiger partial charge on any atom is 0.134 e. The van der Waals surface area contributed by atoms with Crippen molar-refractivity contribution in [1.29, 1.82) is 0 Å². The van der Waals surface area contributed by atoms with E-state index in [0.29, 0.717) is 15.9 Å². The molecule has 1 aromatic carbocycles. The summed E-state index contributed by atoms with van der Waals surface area (Å²) in [7, 11) is 0. The molecular formula is C13H11BrCl2N2S. The number of nitrogens with two attached hydrogens (primary N) is 1. The molecule has 0 radical (unpaired) electrons. The fraction of sp³-hybridized carbons (Fsp3) is 0.154. The number of hydrogen-bond acceptors (Lipinski definition) is 3. The van der Waals surface area contributed by atoms with Crippen molar-refractivity contribution in [2.45, 2.75) is 17.6 Å². The van der Waals surface area contributed by atoms with Crippen LogP contribution in [-0.4, -0.2) is 4.98 Å². The molecule has 1 heterocycles. The predicted molar refractivity (Wildman–Crippen MR) is 87.1 cm³/mol. The zero-order valence-electron chi connectivity index (χ0n) is 10.1. The normalized spacial score (nSPS) is 10.7. The molecular weight excluding hydrogens is 367 g/mol. The lowest BCUT2D eigenvalue weighted by atomic mass is 10.3. The number of rotatable bonds is 3. The van der Waals surface area contributed by atoms with Gasteiger partial charge in [-0.05, 0) is 31.2 Å². The lowest BCUT2D eigenvalue weighted by Crippen LogP contribution is -1.93. The van der Waals surface area contributed by atoms with Gasteiger partial charge in [0.2, 0.25) is 0 Å². The third kappa shape index (κ3) is 3.78. The van der Waals surface area contributed by atoms with Crippen molar-refractivity contribution >= 4 is 56.6 Å². The molecule has 0 saturated heterocycles. The Labute approximate surface area is 134 Å². The minimum atomic E-state index is 0.452. The maximum atomic E-state index is 6.19. The second-order valence-corrected chi connectivity index (χ2v) is 6.68. The Bertz CT molecular complexity index is 597. The minimum absolute atomic E-state index is 0.452. The van der Waals surface area contributed by atoms with Crippen LogP contribution in [0, 0.1) is 6.92 Å². The first-order valence-electron chi connectivity index (χ1n) is 5.46. The zero-order valence-corrected chi connectivity index (χ0v) is 14.0. The number of aryl methyl sites for hydroxylation is 1. The van der Waals surface area contributed by atoms with Gasteiger partial charge in [0.05, 0.1) is 0 Å². The van der Waals surface area contributed by atoms with E-state index in [1.54, 1.807) is 11.8 Å². The Hall–Kier alpha value is -0.420. The molecule has 0 aliphatic rings. The highest BCUT2D eigenvalue weighted by Crippen LogP contribution is 2.34. The van der Waals surface area contributed by atoms with Gasteiger partial charge < -0.3 is 5.73 Å². The van der Waals surface area contributed by atoms with Crippen LogP contribution >= 0.6 is 50.9 Å². The molecule has 0 amide bonds. The second kappa shape index (κ2) is 6.35. The molecule has 6 heteroatoms. The average molecular weight is 378 g/mol. The molecule has 0 unspecified atom stereocenters. The van der Waals surface area contributed by atoms with Crippen molar-refractivity contribution in [1.82, 2.24) is 4.98 Å². The van der Waals surface area contributed by atoms with E-state index in [2.05, 4.69) is 20.9 Å². The van der Waals surface area contributed by atoms with Crippen molar-refractivity contribution in [2.24, 2.45) is 0 Å². The highest BCUT2D eigenvalue weighted by atomic mass is 79.9. The van der Waals surface area contributed by atoms with Crippen molar-refractivity contribution < 1.29 is 0 Å². The highest BCUT2D eigenvalue weighted by molar-refractivity contribution is 9.10. The van der Waals surface area contributed by atoms with Crippen LogP contribution in [-0.2, 0) is 5.75 Å². The Morgan fingerprint density at radius 2 is 2.05 bits per heavy atom. The Morgan fingerprint density at radius 1 is 1.32 bits per heavy atom. The summed E-state index contributed by atoms with van der Waals surface area (Å²) in [6.45, 7) is 1.86. The molecule has 0 bridgehead atoms. The van der Waals surface area contributed by atoms with Crippen LogP contribution in [0.2, 0.25) is 10.2 Å². The van der Waals surface area contributed by atoms with E-state index < -0.39 is 0 Å². The van der Waals surface area contributed by atoms with Gasteiger partial charge in [0.25, 0.3) is 0 Å². The molecule has 2 aromatic rings. The van der Waals surface area contributed by atoms with Gasteiger partial charge >= 0.3 is 0 Å². The van der Waals surface area contributed by atoms with Gasteiger partial charge in [0.1, 0.15) is 5.15 Å². The van der Waals surface area contributed by atoms with Crippen molar-refractivity contribution in [2.75, 3.05) is 5.73 Å². The summed E-state index contributed by atoms with van der Waals surface area (Å²) in [5, 5.41) is 1.09. The fourth-order valence-electron chi connectivity index (χ4n) is 1.55. The Balaban J connectivity index is 2.19. The number of benzene rings is 1. The number of anilines is 1. The summed E-state index contributed by atoms with van der Waals surface area (Å²) >= 11 is 17.3. The van der Waals surface area contributed by atoms with Gasteiger partial charge in [-0.15, -0.1) is 11.8 Å². The molecule has 2 rings (SSSR count). The molecule has 2 N–H and O–H groups in total. The summed E-state index contributed by atoms with van der Waals surface area (Å²) < 4.78 is 0.961. The summed E-state index contributed by atoms with van der Waals surface area (Å²) in [6, 6.07) is 7.61. The lowest BCUT2D eigenvalue weighted by Gasteiger charge is -2.09. The van der Waals surface area contributed by atoms with E-state index in [0.717, 1.165) is 26.3 Å². The highest BCUT2D eigenvalue weighted by Gasteiger charge is 2.10. The average Bonchev–Trinajstić information content (AvgIpc) is 2.30. The molecule has 0 aliphatic heterocycles.